The van der Waals surface area contributed by atoms with Gasteiger partial charge < -0.3 is 14.2 Å². The van der Waals surface area contributed by atoms with E-state index in [1.54, 1.807) is 24.0 Å². The molecule has 1 amide bonds. The van der Waals surface area contributed by atoms with Gasteiger partial charge in [-0.05, 0) is 18.4 Å². The van der Waals surface area contributed by atoms with Crippen LogP contribution in [0.4, 0.5) is 5.69 Å². The normalized spacial score (nSPS) is 16.2. The number of aromatic nitrogens is 3. The molecule has 1 atom stereocenters. The number of anilines is 1. The first-order chi connectivity index (χ1) is 15.1. The molecule has 2 aliphatic heterocycles. The van der Waals surface area contributed by atoms with Crippen molar-refractivity contribution in [1.82, 2.24) is 15.2 Å². The number of carbonyl (C=O) groups excluding carboxylic acids is 1. The van der Waals surface area contributed by atoms with E-state index in [9.17, 15) is 4.79 Å². The fraction of sp³-hybridized carbons (Fsp3) is 0.238. The first-order valence-corrected chi connectivity index (χ1v) is 11.2. The van der Waals surface area contributed by atoms with Gasteiger partial charge in [0.1, 0.15) is 0 Å². The molecule has 158 valence electrons. The smallest absolute Gasteiger partial charge is 0.247 e. The molecule has 5 rings (SSSR count). The van der Waals surface area contributed by atoms with E-state index < -0.39 is 6.23 Å². The van der Waals surface area contributed by atoms with Gasteiger partial charge in [-0.3, -0.25) is 9.69 Å². The summed E-state index contributed by atoms with van der Waals surface area (Å²) < 4.78 is 17.3. The number of benzene rings is 2. The fourth-order valence-electron chi connectivity index (χ4n) is 3.56. The summed E-state index contributed by atoms with van der Waals surface area (Å²) in [5, 5.41) is 9.35. The van der Waals surface area contributed by atoms with Crippen molar-refractivity contribution in [1.29, 1.82) is 0 Å². The van der Waals surface area contributed by atoms with Crippen molar-refractivity contribution >= 4 is 35.0 Å². The van der Waals surface area contributed by atoms with E-state index in [0.717, 1.165) is 0 Å². The van der Waals surface area contributed by atoms with Crippen LogP contribution < -0.4 is 19.1 Å². The Morgan fingerprint density at radius 3 is 2.77 bits per heavy atom. The third-order valence-corrected chi connectivity index (χ3v) is 5.89. The highest BCUT2D eigenvalue weighted by atomic mass is 35.5. The van der Waals surface area contributed by atoms with Gasteiger partial charge in [-0.25, -0.2) is 0 Å². The molecule has 0 spiro atoms. The molecule has 0 saturated carbocycles. The number of nitrogens with zero attached hydrogens (tertiary/aromatic N) is 4. The molecule has 3 aromatic rings. The van der Waals surface area contributed by atoms with Crippen molar-refractivity contribution in [2.45, 2.75) is 24.7 Å². The van der Waals surface area contributed by atoms with Gasteiger partial charge in [0.25, 0.3) is 0 Å². The second-order valence-electron chi connectivity index (χ2n) is 6.78. The van der Waals surface area contributed by atoms with Gasteiger partial charge >= 0.3 is 0 Å². The highest BCUT2D eigenvalue weighted by molar-refractivity contribution is 7.98. The summed E-state index contributed by atoms with van der Waals surface area (Å²) >= 11 is 7.96. The molecular weight excluding hydrogens is 440 g/mol. The maximum atomic E-state index is 13.2. The molecule has 31 heavy (non-hydrogen) atoms. The lowest BCUT2D eigenvalue weighted by Gasteiger charge is -2.31. The molecule has 10 heteroatoms. The number of rotatable bonds is 3. The summed E-state index contributed by atoms with van der Waals surface area (Å²) in [6.45, 7) is 1.91. The van der Waals surface area contributed by atoms with Gasteiger partial charge in [0.05, 0.1) is 10.7 Å². The van der Waals surface area contributed by atoms with E-state index in [0.29, 0.717) is 44.2 Å². The van der Waals surface area contributed by atoms with Crippen LogP contribution in [0.1, 0.15) is 25.1 Å². The summed E-state index contributed by atoms with van der Waals surface area (Å²) in [7, 11) is 0. The van der Waals surface area contributed by atoms with Crippen LogP contribution >= 0.6 is 23.4 Å². The summed E-state index contributed by atoms with van der Waals surface area (Å²) in [5.74, 6) is 1.22. The van der Waals surface area contributed by atoms with Crippen LogP contribution in [-0.4, -0.2) is 34.1 Å². The van der Waals surface area contributed by atoms with Crippen molar-refractivity contribution in [3.63, 3.8) is 0 Å². The van der Waals surface area contributed by atoms with E-state index >= 15 is 0 Å². The largest absolute Gasteiger partial charge is 0.454 e. The number of fused-ring (bicyclic) bond motifs is 4. The molecule has 8 nitrogen and oxygen atoms in total. The van der Waals surface area contributed by atoms with Gasteiger partial charge in [-0.1, -0.05) is 48.5 Å². The van der Waals surface area contributed by atoms with Crippen LogP contribution in [0.2, 0.25) is 5.02 Å². The van der Waals surface area contributed by atoms with E-state index in [4.69, 9.17) is 25.8 Å². The monoisotopic (exact) mass is 456 g/mol. The van der Waals surface area contributed by atoms with Gasteiger partial charge in [0.15, 0.2) is 17.2 Å². The van der Waals surface area contributed by atoms with Crippen molar-refractivity contribution in [2.75, 3.05) is 17.9 Å². The zero-order chi connectivity index (χ0) is 21.5. The SMILES string of the molecule is CCC(=O)N1c2ccccc2-c2nnc(SC)nc2O[C@@H]1c1cc2c(cc1Cl)OCO2. The molecule has 0 radical (unpaired) electrons. The highest BCUT2D eigenvalue weighted by Crippen LogP contribution is 2.47. The lowest BCUT2D eigenvalue weighted by atomic mass is 10.1. The Kier molecular flexibility index (Phi) is 5.07. The number of carbonyl (C=O) groups is 1. The molecule has 1 aromatic heterocycles. The zero-order valence-corrected chi connectivity index (χ0v) is 18.2. The summed E-state index contributed by atoms with van der Waals surface area (Å²) in [5.41, 5.74) is 2.35. The first kappa shape index (κ1) is 19.9. The molecular formula is C21H17ClN4O4S. The molecule has 3 heterocycles. The Hall–Kier alpha value is -3.04. The van der Waals surface area contributed by atoms with Crippen LogP contribution in [0.15, 0.2) is 41.6 Å². The summed E-state index contributed by atoms with van der Waals surface area (Å²) in [6, 6.07) is 10.8. The van der Waals surface area contributed by atoms with Gasteiger partial charge in [0.2, 0.25) is 30.0 Å². The summed E-state index contributed by atoms with van der Waals surface area (Å²) in [6.07, 6.45) is 1.23. The second kappa shape index (κ2) is 7.90. The molecule has 0 bridgehead atoms. The van der Waals surface area contributed by atoms with Crippen molar-refractivity contribution in [3.8, 4) is 28.6 Å². The van der Waals surface area contributed by atoms with E-state index in [2.05, 4.69) is 15.2 Å². The molecule has 0 unspecified atom stereocenters. The Bertz CT molecular complexity index is 1190. The molecule has 2 aliphatic rings. The Balaban J connectivity index is 1.76. The molecule has 0 aliphatic carbocycles. The van der Waals surface area contributed by atoms with Crippen LogP contribution in [0, 0.1) is 0 Å². The summed E-state index contributed by atoms with van der Waals surface area (Å²) in [4.78, 5) is 19.3. The van der Waals surface area contributed by atoms with E-state index in [1.165, 1.54) is 11.8 Å². The van der Waals surface area contributed by atoms with Crippen molar-refractivity contribution in [3.05, 3.63) is 47.0 Å². The minimum Gasteiger partial charge on any atom is -0.454 e. The van der Waals surface area contributed by atoms with Gasteiger partial charge in [-0.2, -0.15) is 4.98 Å². The average Bonchev–Trinajstić information content (AvgIpc) is 3.19. The van der Waals surface area contributed by atoms with Crippen molar-refractivity contribution in [2.24, 2.45) is 0 Å². The number of ether oxygens (including phenoxy) is 3. The Labute approximate surface area is 187 Å². The number of hydrogen-bond donors (Lipinski definition) is 0. The number of amides is 1. The predicted octanol–water partition coefficient (Wildman–Crippen LogP) is 4.48. The quantitative estimate of drug-likeness (QED) is 0.533. The molecule has 0 N–H and O–H groups in total. The van der Waals surface area contributed by atoms with Crippen LogP contribution in [0.25, 0.3) is 11.3 Å². The second-order valence-corrected chi connectivity index (χ2v) is 7.96. The number of hydrogen-bond acceptors (Lipinski definition) is 8. The third-order valence-electron chi connectivity index (χ3n) is 5.02. The fourth-order valence-corrected chi connectivity index (χ4v) is 4.11. The minimum absolute atomic E-state index is 0.109. The Morgan fingerprint density at radius 1 is 1.23 bits per heavy atom. The highest BCUT2D eigenvalue weighted by Gasteiger charge is 2.37. The maximum Gasteiger partial charge on any atom is 0.247 e. The predicted molar refractivity (Wildman–Crippen MR) is 116 cm³/mol. The first-order valence-electron chi connectivity index (χ1n) is 9.56. The van der Waals surface area contributed by atoms with E-state index in [1.807, 2.05) is 30.5 Å². The zero-order valence-electron chi connectivity index (χ0n) is 16.7. The number of thioether (sulfide) groups is 1. The minimum atomic E-state index is -0.886. The molecule has 2 aromatic carbocycles. The Morgan fingerprint density at radius 2 is 2.00 bits per heavy atom. The molecule has 0 fully saturated rings. The topological polar surface area (TPSA) is 86.7 Å². The maximum absolute atomic E-state index is 13.2. The number of para-hydroxylation sites is 1. The lowest BCUT2D eigenvalue weighted by Crippen LogP contribution is -2.37. The molecule has 0 saturated heterocycles. The van der Waals surface area contributed by atoms with Gasteiger partial charge in [-0.15, -0.1) is 10.2 Å². The van der Waals surface area contributed by atoms with Gasteiger partial charge in [0, 0.05) is 23.6 Å². The average molecular weight is 457 g/mol. The van der Waals surface area contributed by atoms with Crippen LogP contribution in [0.3, 0.4) is 0 Å². The standard InChI is InChI=1S/C21H17ClN4O4S/c1-3-17(27)26-14-7-5-4-6-11(14)18-19(23-21(31-2)25-24-18)30-20(26)12-8-15-16(9-13(12)22)29-10-28-15/h4-9,20H,3,10H2,1-2H3/t20-/m1/s1. The van der Waals surface area contributed by atoms with E-state index in [-0.39, 0.29) is 25.0 Å². The van der Waals surface area contributed by atoms with Crippen LogP contribution in [0.5, 0.6) is 17.4 Å². The lowest BCUT2D eigenvalue weighted by molar-refractivity contribution is -0.120. The van der Waals surface area contributed by atoms with Crippen LogP contribution in [-0.2, 0) is 4.79 Å². The number of halogens is 1. The third kappa shape index (κ3) is 3.34. The van der Waals surface area contributed by atoms with Crippen molar-refractivity contribution < 1.29 is 19.0 Å².